The van der Waals surface area contributed by atoms with Crippen LogP contribution >= 0.6 is 12.4 Å². The largest absolute Gasteiger partial charge is 0.371 e. The zero-order valence-electron chi connectivity index (χ0n) is 18.8. The summed E-state index contributed by atoms with van der Waals surface area (Å²) in [5, 5.41) is 2.83. The summed E-state index contributed by atoms with van der Waals surface area (Å²) < 4.78 is 52.1. The van der Waals surface area contributed by atoms with E-state index in [2.05, 4.69) is 20.2 Å². The number of piperidine rings is 1. The maximum Gasteiger partial charge on any atom is 0.245 e. The Morgan fingerprint density at radius 3 is 2.41 bits per heavy atom. The van der Waals surface area contributed by atoms with E-state index in [-0.39, 0.29) is 30.0 Å². The van der Waals surface area contributed by atoms with Crippen molar-refractivity contribution in [2.45, 2.75) is 49.1 Å². The van der Waals surface area contributed by atoms with Crippen LogP contribution in [0.3, 0.4) is 0 Å². The number of anilines is 2. The Hall–Kier alpha value is -2.53. The zero-order chi connectivity index (χ0) is 23.6. The van der Waals surface area contributed by atoms with Gasteiger partial charge in [0, 0.05) is 50.4 Å². The first-order chi connectivity index (χ1) is 15.7. The van der Waals surface area contributed by atoms with Crippen LogP contribution in [0.25, 0.3) is 0 Å². The number of likely N-dealkylation sites (tertiary alicyclic amines) is 1. The van der Waals surface area contributed by atoms with Crippen molar-refractivity contribution in [3.05, 3.63) is 42.4 Å². The highest BCUT2D eigenvalue weighted by Crippen LogP contribution is 2.28. The average molecular weight is 516 g/mol. The van der Waals surface area contributed by atoms with Gasteiger partial charge in [-0.3, -0.25) is 9.78 Å². The van der Waals surface area contributed by atoms with Crippen molar-refractivity contribution in [2.75, 3.05) is 36.1 Å². The number of carbonyl (C=O) groups excluding carboxylic acids is 1. The molecule has 1 atom stereocenters. The number of sulfone groups is 1. The predicted molar refractivity (Wildman–Crippen MR) is 127 cm³/mol. The minimum atomic E-state index is -3.90. The molecule has 0 spiro atoms. The van der Waals surface area contributed by atoms with Crippen LogP contribution in [0.2, 0.25) is 0 Å². The molecule has 2 aliphatic heterocycles. The van der Waals surface area contributed by atoms with E-state index in [1.165, 1.54) is 0 Å². The summed E-state index contributed by atoms with van der Waals surface area (Å²) in [6, 6.07) is 0.826. The molecule has 2 fully saturated rings. The molecule has 1 aromatic carbocycles. The Labute approximate surface area is 204 Å². The lowest BCUT2D eigenvalue weighted by molar-refractivity contribution is -0.134. The van der Waals surface area contributed by atoms with Crippen molar-refractivity contribution in [1.29, 1.82) is 0 Å². The SMILES string of the molecule is CS(=O)(=O)c1cc(F)c(NC2CCCCN(C3CCN(c4cnccn4)CC3)C2=O)cc1F.Cl. The van der Waals surface area contributed by atoms with Gasteiger partial charge in [0.1, 0.15) is 28.4 Å². The van der Waals surface area contributed by atoms with Crippen LogP contribution in [-0.2, 0) is 14.6 Å². The van der Waals surface area contributed by atoms with Crippen molar-refractivity contribution in [3.63, 3.8) is 0 Å². The van der Waals surface area contributed by atoms with Gasteiger partial charge >= 0.3 is 0 Å². The Balaban J connectivity index is 0.00000324. The van der Waals surface area contributed by atoms with Crippen LogP contribution < -0.4 is 10.2 Å². The highest BCUT2D eigenvalue weighted by molar-refractivity contribution is 7.90. The molecule has 8 nitrogen and oxygen atoms in total. The molecule has 1 amide bonds. The van der Waals surface area contributed by atoms with E-state index in [9.17, 15) is 22.0 Å². The Bertz CT molecular complexity index is 1120. The molecule has 34 heavy (non-hydrogen) atoms. The summed E-state index contributed by atoms with van der Waals surface area (Å²) in [6.45, 7) is 2.12. The molecule has 0 aliphatic carbocycles. The first kappa shape index (κ1) is 26.1. The van der Waals surface area contributed by atoms with Gasteiger partial charge in [0.2, 0.25) is 5.91 Å². The third-order valence-electron chi connectivity index (χ3n) is 6.25. The molecule has 1 N–H and O–H groups in total. The van der Waals surface area contributed by atoms with E-state index in [0.29, 0.717) is 19.0 Å². The van der Waals surface area contributed by atoms with E-state index in [1.807, 2.05) is 4.90 Å². The molecule has 0 saturated carbocycles. The van der Waals surface area contributed by atoms with E-state index < -0.39 is 32.4 Å². The third-order valence-corrected chi connectivity index (χ3v) is 7.36. The fraction of sp³-hybridized carbons (Fsp3) is 0.500. The van der Waals surface area contributed by atoms with Gasteiger partial charge in [0.05, 0.1) is 11.9 Å². The summed E-state index contributed by atoms with van der Waals surface area (Å²) in [6.07, 6.45) is 9.47. The number of amides is 1. The second-order valence-electron chi connectivity index (χ2n) is 8.54. The summed E-state index contributed by atoms with van der Waals surface area (Å²) >= 11 is 0. The topological polar surface area (TPSA) is 95.5 Å². The van der Waals surface area contributed by atoms with Crippen LogP contribution in [0, 0.1) is 11.6 Å². The molecule has 186 valence electrons. The normalized spacial score (nSPS) is 20.0. The Kier molecular flexibility index (Phi) is 8.29. The number of hydrogen-bond acceptors (Lipinski definition) is 7. The van der Waals surface area contributed by atoms with Crippen LogP contribution in [0.5, 0.6) is 0 Å². The van der Waals surface area contributed by atoms with Gasteiger partial charge in [-0.15, -0.1) is 12.4 Å². The summed E-state index contributed by atoms with van der Waals surface area (Å²) in [5.41, 5.74) is -0.211. The van der Waals surface area contributed by atoms with Crippen molar-refractivity contribution in [1.82, 2.24) is 14.9 Å². The third kappa shape index (κ3) is 5.75. The lowest BCUT2D eigenvalue weighted by Crippen LogP contribution is -2.51. The van der Waals surface area contributed by atoms with Crippen LogP contribution in [-0.4, -0.2) is 67.2 Å². The zero-order valence-corrected chi connectivity index (χ0v) is 20.4. The molecule has 2 aliphatic rings. The van der Waals surface area contributed by atoms with Crippen molar-refractivity contribution in [2.24, 2.45) is 0 Å². The molecule has 2 saturated heterocycles. The second kappa shape index (κ2) is 10.8. The maximum absolute atomic E-state index is 14.6. The highest BCUT2D eigenvalue weighted by atomic mass is 35.5. The monoisotopic (exact) mass is 515 g/mol. The Morgan fingerprint density at radius 1 is 1.03 bits per heavy atom. The van der Waals surface area contributed by atoms with Crippen LogP contribution in [0.15, 0.2) is 35.6 Å². The summed E-state index contributed by atoms with van der Waals surface area (Å²) in [7, 11) is -3.90. The number of nitrogens with one attached hydrogen (secondary N) is 1. The first-order valence-electron chi connectivity index (χ1n) is 11.0. The molecule has 4 rings (SSSR count). The lowest BCUT2D eigenvalue weighted by Gasteiger charge is -2.39. The van der Waals surface area contributed by atoms with Gasteiger partial charge in [-0.2, -0.15) is 0 Å². The quantitative estimate of drug-likeness (QED) is 0.654. The van der Waals surface area contributed by atoms with Gasteiger partial charge in [-0.25, -0.2) is 22.2 Å². The number of aromatic nitrogens is 2. The average Bonchev–Trinajstić information content (AvgIpc) is 2.97. The number of rotatable bonds is 5. The smallest absolute Gasteiger partial charge is 0.245 e. The summed E-state index contributed by atoms with van der Waals surface area (Å²) in [5.74, 6) is -1.28. The van der Waals surface area contributed by atoms with Gasteiger partial charge in [0.25, 0.3) is 0 Å². The van der Waals surface area contributed by atoms with Crippen molar-refractivity contribution in [3.8, 4) is 0 Å². The molecule has 3 heterocycles. The molecule has 12 heteroatoms. The molecule has 2 aromatic rings. The number of halogens is 3. The van der Waals surface area contributed by atoms with E-state index in [0.717, 1.165) is 56.9 Å². The van der Waals surface area contributed by atoms with E-state index in [4.69, 9.17) is 0 Å². The van der Waals surface area contributed by atoms with Crippen LogP contribution in [0.1, 0.15) is 32.1 Å². The molecule has 0 bridgehead atoms. The Morgan fingerprint density at radius 2 is 1.76 bits per heavy atom. The lowest BCUT2D eigenvalue weighted by atomic mass is 10.0. The minimum Gasteiger partial charge on any atom is -0.371 e. The van der Waals surface area contributed by atoms with Gasteiger partial charge in [-0.1, -0.05) is 0 Å². The molecule has 0 radical (unpaired) electrons. The maximum atomic E-state index is 14.6. The molecule has 1 aromatic heterocycles. The summed E-state index contributed by atoms with van der Waals surface area (Å²) in [4.78, 5) is 25.1. The van der Waals surface area contributed by atoms with E-state index in [1.54, 1.807) is 18.6 Å². The minimum absolute atomic E-state index is 0. The van der Waals surface area contributed by atoms with Gasteiger partial charge in [0.15, 0.2) is 9.84 Å². The van der Waals surface area contributed by atoms with Crippen LogP contribution in [0.4, 0.5) is 20.3 Å². The molecular weight excluding hydrogens is 488 g/mol. The van der Waals surface area contributed by atoms with Gasteiger partial charge < -0.3 is 15.1 Å². The number of carbonyl (C=O) groups is 1. The van der Waals surface area contributed by atoms with E-state index >= 15 is 0 Å². The van der Waals surface area contributed by atoms with Crippen molar-refractivity contribution < 1.29 is 22.0 Å². The van der Waals surface area contributed by atoms with Crippen molar-refractivity contribution >= 4 is 39.7 Å². The first-order valence-corrected chi connectivity index (χ1v) is 12.9. The molecule has 1 unspecified atom stereocenters. The highest BCUT2D eigenvalue weighted by Gasteiger charge is 2.34. The predicted octanol–water partition coefficient (Wildman–Crippen LogP) is 3.04. The number of benzene rings is 1. The number of nitrogens with zero attached hydrogens (tertiary/aromatic N) is 4. The number of hydrogen-bond donors (Lipinski definition) is 1. The second-order valence-corrected chi connectivity index (χ2v) is 10.5. The fourth-order valence-corrected chi connectivity index (χ4v) is 5.26. The fourth-order valence-electron chi connectivity index (χ4n) is 4.53. The van der Waals surface area contributed by atoms with Gasteiger partial charge in [-0.05, 0) is 38.2 Å². The standard InChI is InChI=1S/C22H27F2N5O3S.ClH/c1-33(31,32)20-13-16(23)19(12-17(20)24)27-18-4-2-3-9-29(22(18)30)15-5-10-28(11-6-15)21-14-25-7-8-26-21;/h7-8,12-15,18,27H,2-6,9-11H2,1H3;1H. The molecular formula is C22H28ClF2N5O3S.